The van der Waals surface area contributed by atoms with Gasteiger partial charge in [0.1, 0.15) is 5.00 Å². The third-order valence-electron chi connectivity index (χ3n) is 2.84. The van der Waals surface area contributed by atoms with Crippen molar-refractivity contribution >= 4 is 34.1 Å². The minimum Gasteiger partial charge on any atom is -0.465 e. The van der Waals surface area contributed by atoms with Gasteiger partial charge < -0.3 is 10.5 Å². The topological polar surface area (TPSA) is 52.3 Å². The summed E-state index contributed by atoms with van der Waals surface area (Å²) in [5.74, 6) is 1.56. The summed E-state index contributed by atoms with van der Waals surface area (Å²) in [7, 11) is 1.37. The molecule has 2 rings (SSSR count). The molecule has 0 atom stereocenters. The number of rotatable bonds is 6. The van der Waals surface area contributed by atoms with Gasteiger partial charge in [-0.25, -0.2) is 4.79 Å². The molecule has 0 aliphatic rings. The summed E-state index contributed by atoms with van der Waals surface area (Å²) in [6.07, 6.45) is 1.05. The Hall–Kier alpha value is -1.46. The van der Waals surface area contributed by atoms with Crippen molar-refractivity contribution in [1.29, 1.82) is 0 Å². The molecular weight excluding hydrogens is 290 g/mol. The number of thiophene rings is 1. The molecule has 1 aromatic heterocycles. The Balaban J connectivity index is 1.81. The molecular formula is C15H17NO2S2. The van der Waals surface area contributed by atoms with E-state index in [-0.39, 0.29) is 5.97 Å². The third kappa shape index (κ3) is 4.02. The molecule has 0 radical (unpaired) electrons. The lowest BCUT2D eigenvalue weighted by Gasteiger charge is -2.00. The van der Waals surface area contributed by atoms with Crippen molar-refractivity contribution in [1.82, 2.24) is 0 Å². The van der Waals surface area contributed by atoms with Crippen LogP contribution in [-0.2, 0) is 16.9 Å². The van der Waals surface area contributed by atoms with Gasteiger partial charge in [0.15, 0.2) is 0 Å². The van der Waals surface area contributed by atoms with Gasteiger partial charge in [-0.1, -0.05) is 30.3 Å². The van der Waals surface area contributed by atoms with Crippen LogP contribution < -0.4 is 5.73 Å². The maximum atomic E-state index is 11.5. The first kappa shape index (κ1) is 14.9. The molecule has 0 spiro atoms. The monoisotopic (exact) mass is 307 g/mol. The van der Waals surface area contributed by atoms with E-state index in [1.165, 1.54) is 24.0 Å². The maximum Gasteiger partial charge on any atom is 0.340 e. The third-order valence-corrected chi connectivity index (χ3v) is 4.99. The Morgan fingerprint density at radius 3 is 2.80 bits per heavy atom. The van der Waals surface area contributed by atoms with Crippen molar-refractivity contribution in [3.8, 4) is 0 Å². The van der Waals surface area contributed by atoms with Crippen LogP contribution in [0.3, 0.4) is 0 Å². The van der Waals surface area contributed by atoms with Gasteiger partial charge in [0.25, 0.3) is 0 Å². The second-order valence-corrected chi connectivity index (χ2v) is 6.54. The fourth-order valence-corrected chi connectivity index (χ4v) is 3.81. The summed E-state index contributed by atoms with van der Waals surface area (Å²) in [6, 6.07) is 12.3. The van der Waals surface area contributed by atoms with Crippen molar-refractivity contribution in [2.45, 2.75) is 12.2 Å². The summed E-state index contributed by atoms with van der Waals surface area (Å²) in [6.45, 7) is 0. The van der Waals surface area contributed by atoms with Crippen LogP contribution in [-0.4, -0.2) is 18.8 Å². The highest BCUT2D eigenvalue weighted by Gasteiger charge is 2.14. The van der Waals surface area contributed by atoms with Gasteiger partial charge >= 0.3 is 5.97 Å². The molecule has 0 aliphatic carbocycles. The fraction of sp³-hybridized carbons (Fsp3) is 0.267. The lowest BCUT2D eigenvalue weighted by atomic mass is 10.2. The average Bonchev–Trinajstić information content (AvgIpc) is 2.85. The zero-order valence-corrected chi connectivity index (χ0v) is 12.9. The molecule has 0 fully saturated rings. The number of anilines is 1. The van der Waals surface area contributed by atoms with E-state index in [4.69, 9.17) is 10.5 Å². The maximum absolute atomic E-state index is 11.5. The van der Waals surface area contributed by atoms with Crippen LogP contribution in [0.4, 0.5) is 5.00 Å². The number of carbonyl (C=O) groups is 1. The second kappa shape index (κ2) is 7.36. The molecule has 0 unspecified atom stereocenters. The summed E-state index contributed by atoms with van der Waals surface area (Å²) in [5.41, 5.74) is 7.65. The van der Waals surface area contributed by atoms with E-state index in [9.17, 15) is 4.79 Å². The van der Waals surface area contributed by atoms with Gasteiger partial charge in [0, 0.05) is 10.6 Å². The minimum atomic E-state index is -0.362. The zero-order chi connectivity index (χ0) is 14.4. The molecule has 0 saturated carbocycles. The number of nitrogens with two attached hydrogens (primary N) is 1. The van der Waals surface area contributed by atoms with Crippen LogP contribution in [0.1, 0.15) is 20.8 Å². The lowest BCUT2D eigenvalue weighted by molar-refractivity contribution is 0.0602. The smallest absolute Gasteiger partial charge is 0.340 e. The molecule has 3 nitrogen and oxygen atoms in total. The first-order valence-electron chi connectivity index (χ1n) is 6.29. The van der Waals surface area contributed by atoms with Crippen molar-refractivity contribution in [3.05, 3.63) is 52.4 Å². The SMILES string of the molecule is COC(=O)c1cc(CSCCc2ccccc2)sc1N. The van der Waals surface area contributed by atoms with Crippen molar-refractivity contribution in [2.24, 2.45) is 0 Å². The molecule has 2 aromatic rings. The highest BCUT2D eigenvalue weighted by Crippen LogP contribution is 2.28. The Labute approximate surface area is 127 Å². The molecule has 0 amide bonds. The number of benzene rings is 1. The molecule has 0 saturated heterocycles. The number of carbonyl (C=O) groups excluding carboxylic acids is 1. The van der Waals surface area contributed by atoms with Gasteiger partial charge in [-0.05, 0) is 23.8 Å². The standard InChI is InChI=1S/C15H17NO2S2/c1-18-15(17)13-9-12(20-14(13)16)10-19-8-7-11-5-3-2-4-6-11/h2-6,9H,7-8,10,16H2,1H3. The predicted molar refractivity (Wildman–Crippen MR) is 86.4 cm³/mol. The van der Waals surface area contributed by atoms with E-state index >= 15 is 0 Å². The Morgan fingerprint density at radius 1 is 1.35 bits per heavy atom. The number of hydrogen-bond acceptors (Lipinski definition) is 5. The zero-order valence-electron chi connectivity index (χ0n) is 11.3. The predicted octanol–water partition coefficient (Wildman–Crippen LogP) is 3.59. The number of hydrogen-bond donors (Lipinski definition) is 1. The van der Waals surface area contributed by atoms with Crippen LogP contribution >= 0.6 is 23.1 Å². The van der Waals surface area contributed by atoms with Crippen LogP contribution in [0.5, 0.6) is 0 Å². The normalized spacial score (nSPS) is 10.4. The van der Waals surface area contributed by atoms with Crippen LogP contribution in [0.15, 0.2) is 36.4 Å². The molecule has 2 N–H and O–H groups in total. The van der Waals surface area contributed by atoms with E-state index in [1.807, 2.05) is 23.9 Å². The fourth-order valence-electron chi connectivity index (χ4n) is 1.81. The first-order valence-corrected chi connectivity index (χ1v) is 8.26. The van der Waals surface area contributed by atoms with E-state index < -0.39 is 0 Å². The number of esters is 1. The van der Waals surface area contributed by atoms with Gasteiger partial charge in [-0.2, -0.15) is 11.8 Å². The highest BCUT2D eigenvalue weighted by molar-refractivity contribution is 7.98. The molecule has 106 valence electrons. The summed E-state index contributed by atoms with van der Waals surface area (Å²) < 4.78 is 4.69. The minimum absolute atomic E-state index is 0.362. The summed E-state index contributed by atoms with van der Waals surface area (Å²) in [5, 5.41) is 0.538. The van der Waals surface area contributed by atoms with E-state index in [0.29, 0.717) is 10.6 Å². The van der Waals surface area contributed by atoms with Gasteiger partial charge in [0.05, 0.1) is 12.7 Å². The van der Waals surface area contributed by atoms with E-state index in [1.54, 1.807) is 0 Å². The van der Waals surface area contributed by atoms with Crippen molar-refractivity contribution in [3.63, 3.8) is 0 Å². The van der Waals surface area contributed by atoms with Crippen LogP contribution in [0.2, 0.25) is 0 Å². The van der Waals surface area contributed by atoms with Gasteiger partial charge in [0.2, 0.25) is 0 Å². The summed E-state index contributed by atoms with van der Waals surface area (Å²) in [4.78, 5) is 12.6. The van der Waals surface area contributed by atoms with Crippen molar-refractivity contribution < 1.29 is 9.53 Å². The van der Waals surface area contributed by atoms with Gasteiger partial charge in [-0.3, -0.25) is 0 Å². The second-order valence-electron chi connectivity index (χ2n) is 4.27. The van der Waals surface area contributed by atoms with E-state index in [2.05, 4.69) is 24.3 Å². The Kier molecular flexibility index (Phi) is 5.49. The molecule has 5 heteroatoms. The number of ether oxygens (including phenoxy) is 1. The average molecular weight is 307 g/mol. The largest absolute Gasteiger partial charge is 0.465 e. The number of nitrogen functional groups attached to an aromatic ring is 1. The Bertz CT molecular complexity index is 567. The quantitative estimate of drug-likeness (QED) is 0.654. The molecule has 0 bridgehead atoms. The van der Waals surface area contributed by atoms with Gasteiger partial charge in [-0.15, -0.1) is 11.3 Å². The van der Waals surface area contributed by atoms with Crippen LogP contribution in [0.25, 0.3) is 0 Å². The van der Waals surface area contributed by atoms with Crippen LogP contribution in [0, 0.1) is 0 Å². The first-order chi connectivity index (χ1) is 9.70. The number of aryl methyl sites for hydroxylation is 1. The highest BCUT2D eigenvalue weighted by atomic mass is 32.2. The molecule has 1 aromatic carbocycles. The lowest BCUT2D eigenvalue weighted by Crippen LogP contribution is -2.01. The summed E-state index contributed by atoms with van der Waals surface area (Å²) >= 11 is 3.31. The van der Waals surface area contributed by atoms with E-state index in [0.717, 1.165) is 22.8 Å². The molecule has 20 heavy (non-hydrogen) atoms. The number of methoxy groups -OCH3 is 1. The molecule has 1 heterocycles. The Morgan fingerprint density at radius 2 is 2.10 bits per heavy atom. The number of thioether (sulfide) groups is 1. The molecule has 0 aliphatic heterocycles. The van der Waals surface area contributed by atoms with Crippen molar-refractivity contribution in [2.75, 3.05) is 18.6 Å².